The molecule has 0 radical (unpaired) electrons. The summed E-state index contributed by atoms with van der Waals surface area (Å²) in [5.41, 5.74) is 6.35. The number of hydrogen-bond donors (Lipinski definition) is 2. The van der Waals surface area contributed by atoms with Crippen molar-refractivity contribution in [2.24, 2.45) is 16.6 Å². The van der Waals surface area contributed by atoms with Gasteiger partial charge < -0.3 is 15.4 Å². The molecule has 1 spiro atoms. The van der Waals surface area contributed by atoms with Crippen molar-refractivity contribution in [3.8, 4) is 0 Å². The molecule has 3 saturated heterocycles. The van der Waals surface area contributed by atoms with Crippen LogP contribution in [-0.2, 0) is 4.74 Å². The van der Waals surface area contributed by atoms with Crippen LogP contribution >= 0.6 is 0 Å². The summed E-state index contributed by atoms with van der Waals surface area (Å²) in [6.45, 7) is 15.7. The van der Waals surface area contributed by atoms with Crippen molar-refractivity contribution >= 4 is 6.09 Å². The number of methoxy groups -OCH3 is 1. The van der Waals surface area contributed by atoms with E-state index >= 15 is 0 Å². The zero-order valence-electron chi connectivity index (χ0n) is 18.3. The lowest BCUT2D eigenvalue weighted by Crippen LogP contribution is -2.74. The molecule has 1 amide bonds. The molecule has 3 aliphatic rings. The Morgan fingerprint density at radius 2 is 1.85 bits per heavy atom. The minimum atomic E-state index is -0.212. The fourth-order valence-electron chi connectivity index (χ4n) is 6.28. The van der Waals surface area contributed by atoms with Crippen molar-refractivity contribution in [3.63, 3.8) is 0 Å². The minimum Gasteiger partial charge on any atom is -0.453 e. The largest absolute Gasteiger partial charge is 0.453 e. The van der Waals surface area contributed by atoms with E-state index in [1.54, 1.807) is 0 Å². The molecule has 0 saturated carbocycles. The van der Waals surface area contributed by atoms with Crippen molar-refractivity contribution in [3.05, 3.63) is 0 Å². The molecule has 0 aliphatic carbocycles. The number of nitrogens with one attached hydrogen (secondary N) is 1. The van der Waals surface area contributed by atoms with Gasteiger partial charge in [0.25, 0.3) is 0 Å². The molecule has 0 aromatic heterocycles. The Morgan fingerprint density at radius 3 is 2.44 bits per heavy atom. The van der Waals surface area contributed by atoms with Crippen LogP contribution in [0.15, 0.2) is 0 Å². The Labute approximate surface area is 165 Å². The van der Waals surface area contributed by atoms with Crippen LogP contribution in [0.2, 0.25) is 0 Å². The first kappa shape index (κ1) is 20.9. The Morgan fingerprint density at radius 1 is 1.19 bits per heavy atom. The van der Waals surface area contributed by atoms with Crippen LogP contribution in [0, 0.1) is 10.8 Å². The van der Waals surface area contributed by atoms with Crippen LogP contribution < -0.4 is 11.1 Å². The lowest BCUT2D eigenvalue weighted by molar-refractivity contribution is -0.0972. The van der Waals surface area contributed by atoms with Crippen molar-refractivity contribution in [2.75, 3.05) is 20.2 Å². The minimum absolute atomic E-state index is 0.0828. The van der Waals surface area contributed by atoms with Crippen molar-refractivity contribution < 1.29 is 9.53 Å². The third kappa shape index (κ3) is 3.49. The number of likely N-dealkylation sites (tertiary alicyclic amines) is 2. The molecule has 0 aromatic rings. The highest BCUT2D eigenvalue weighted by Gasteiger charge is 2.60. The van der Waals surface area contributed by atoms with Crippen LogP contribution in [-0.4, -0.2) is 65.9 Å². The van der Waals surface area contributed by atoms with Gasteiger partial charge >= 0.3 is 6.09 Å². The maximum atomic E-state index is 12.3. The zero-order chi connectivity index (χ0) is 20.2. The molecule has 6 nitrogen and oxygen atoms in total. The van der Waals surface area contributed by atoms with Gasteiger partial charge in [-0.15, -0.1) is 0 Å². The maximum absolute atomic E-state index is 12.3. The normalized spacial score (nSPS) is 41.7. The average Bonchev–Trinajstić information content (AvgIpc) is 2.89. The van der Waals surface area contributed by atoms with Crippen molar-refractivity contribution in [1.29, 1.82) is 0 Å². The molecule has 5 atom stereocenters. The molecule has 0 bridgehead atoms. The van der Waals surface area contributed by atoms with Gasteiger partial charge in [0.2, 0.25) is 0 Å². The van der Waals surface area contributed by atoms with Gasteiger partial charge in [0.05, 0.1) is 13.3 Å². The molecule has 27 heavy (non-hydrogen) atoms. The number of rotatable bonds is 1. The highest BCUT2D eigenvalue weighted by Crippen LogP contribution is 2.53. The molecule has 3 N–H and O–H groups in total. The van der Waals surface area contributed by atoms with Gasteiger partial charge in [-0.25, -0.2) is 4.79 Å². The number of nitrogens with two attached hydrogens (primary N) is 1. The molecular weight excluding hydrogens is 340 g/mol. The summed E-state index contributed by atoms with van der Waals surface area (Å²) in [5, 5.41) is 4.10. The van der Waals surface area contributed by atoms with Crippen LogP contribution in [0.3, 0.4) is 0 Å². The zero-order valence-corrected chi connectivity index (χ0v) is 18.3. The van der Waals surface area contributed by atoms with Gasteiger partial charge in [-0.05, 0) is 50.4 Å². The first-order valence-electron chi connectivity index (χ1n) is 10.6. The van der Waals surface area contributed by atoms with E-state index in [-0.39, 0.29) is 34.7 Å². The van der Waals surface area contributed by atoms with Crippen LogP contribution in [0.5, 0.6) is 0 Å². The standard InChI is InChI=1S/C21H40N4O2/c1-14-10-16(22)8-9-24(14)17-19(3,4)12-20(5,6)21(23-17)11-15(2)25(13-21)18(26)27-7/h14-17,23H,8-13,22H2,1-7H3. The number of nitrogens with zero attached hydrogens (tertiary/aromatic N) is 2. The predicted molar refractivity (Wildman–Crippen MR) is 108 cm³/mol. The first-order valence-corrected chi connectivity index (χ1v) is 10.6. The second-order valence-electron chi connectivity index (χ2n) is 10.7. The molecule has 156 valence electrons. The SMILES string of the molecule is COC(=O)N1CC2(CC1C)NC(N1CCC(N)CC1C)C(C)(C)CC2(C)C. The Bertz CT molecular complexity index is 579. The molecule has 3 aliphatic heterocycles. The van der Waals surface area contributed by atoms with Crippen LogP contribution in [0.25, 0.3) is 0 Å². The summed E-state index contributed by atoms with van der Waals surface area (Å²) in [6, 6.07) is 0.965. The number of hydrogen-bond acceptors (Lipinski definition) is 5. The number of piperidine rings is 2. The maximum Gasteiger partial charge on any atom is 0.409 e. The smallest absolute Gasteiger partial charge is 0.409 e. The number of carbonyl (C=O) groups excluding carboxylic acids is 1. The van der Waals surface area contributed by atoms with Gasteiger partial charge in [-0.2, -0.15) is 0 Å². The highest BCUT2D eigenvalue weighted by molar-refractivity contribution is 5.68. The molecule has 3 rings (SSSR count). The Kier molecular flexibility index (Phi) is 5.32. The molecule has 3 heterocycles. The average molecular weight is 381 g/mol. The van der Waals surface area contributed by atoms with Crippen molar-refractivity contribution in [1.82, 2.24) is 15.1 Å². The number of ether oxygens (including phenoxy) is 1. The van der Waals surface area contributed by atoms with E-state index in [1.165, 1.54) is 7.11 Å². The van der Waals surface area contributed by atoms with Gasteiger partial charge in [0, 0.05) is 36.8 Å². The quantitative estimate of drug-likeness (QED) is 0.732. The van der Waals surface area contributed by atoms with Crippen LogP contribution in [0.4, 0.5) is 4.79 Å². The van der Waals surface area contributed by atoms with E-state index in [0.29, 0.717) is 18.6 Å². The lowest BCUT2D eigenvalue weighted by Gasteiger charge is -2.61. The summed E-state index contributed by atoms with van der Waals surface area (Å²) in [5.74, 6) is 0. The predicted octanol–water partition coefficient (Wildman–Crippen LogP) is 2.77. The van der Waals surface area contributed by atoms with E-state index in [4.69, 9.17) is 10.5 Å². The van der Waals surface area contributed by atoms with Gasteiger partial charge in [0.1, 0.15) is 0 Å². The van der Waals surface area contributed by atoms with E-state index in [1.807, 2.05) is 4.90 Å². The summed E-state index contributed by atoms with van der Waals surface area (Å²) >= 11 is 0. The van der Waals surface area contributed by atoms with Gasteiger partial charge in [-0.3, -0.25) is 10.2 Å². The monoisotopic (exact) mass is 380 g/mol. The highest BCUT2D eigenvalue weighted by atomic mass is 16.5. The Balaban J connectivity index is 1.90. The van der Waals surface area contributed by atoms with E-state index in [9.17, 15) is 4.79 Å². The molecule has 3 fully saturated rings. The van der Waals surface area contributed by atoms with Gasteiger partial charge in [-0.1, -0.05) is 27.7 Å². The second-order valence-corrected chi connectivity index (χ2v) is 10.7. The first-order chi connectivity index (χ1) is 12.4. The summed E-state index contributed by atoms with van der Waals surface area (Å²) in [7, 11) is 1.48. The summed E-state index contributed by atoms with van der Waals surface area (Å²) in [6.07, 6.45) is 4.26. The number of amides is 1. The molecule has 0 aromatic carbocycles. The third-order valence-electron chi connectivity index (χ3n) is 7.67. The topological polar surface area (TPSA) is 70.8 Å². The van der Waals surface area contributed by atoms with Gasteiger partial charge in [0.15, 0.2) is 0 Å². The fourth-order valence-corrected chi connectivity index (χ4v) is 6.28. The fraction of sp³-hybridized carbons (Fsp3) is 0.952. The lowest BCUT2D eigenvalue weighted by atomic mass is 9.58. The third-order valence-corrected chi connectivity index (χ3v) is 7.67. The molecule has 6 heteroatoms. The second kappa shape index (κ2) is 6.89. The van der Waals surface area contributed by atoms with Crippen molar-refractivity contribution in [2.45, 2.75) is 97.1 Å². The van der Waals surface area contributed by atoms with E-state index in [0.717, 1.165) is 32.2 Å². The Hall–Kier alpha value is -0.850. The summed E-state index contributed by atoms with van der Waals surface area (Å²) < 4.78 is 5.05. The van der Waals surface area contributed by atoms with E-state index < -0.39 is 0 Å². The number of carbonyl (C=O) groups is 1. The van der Waals surface area contributed by atoms with E-state index in [2.05, 4.69) is 51.8 Å². The van der Waals surface area contributed by atoms with Crippen LogP contribution in [0.1, 0.15) is 67.2 Å². The molecule has 5 unspecified atom stereocenters. The molecular formula is C21H40N4O2. The summed E-state index contributed by atoms with van der Waals surface area (Å²) in [4.78, 5) is 16.8.